The molecule has 1 N–H and O–H groups in total. The number of fused-ring (bicyclic) bond motifs is 2. The number of benzene rings is 3. The van der Waals surface area contributed by atoms with E-state index in [4.69, 9.17) is 0 Å². The van der Waals surface area contributed by atoms with Crippen molar-refractivity contribution in [3.63, 3.8) is 0 Å². The lowest BCUT2D eigenvalue weighted by atomic mass is 10.1. The summed E-state index contributed by atoms with van der Waals surface area (Å²) >= 11 is 0. The standard InChI is InChI=1S/C23H18N2O2/c26-22-10-9-17(23(27)24-14-18-6-1-2-7-19(18)15-24)13-21(22)25-12-11-16-5-3-4-8-20(16)25/h1-13,26H,14-15H2. The third-order valence-corrected chi connectivity index (χ3v) is 5.21. The average molecular weight is 354 g/mol. The number of para-hydroxylation sites is 1. The van der Waals surface area contributed by atoms with Gasteiger partial charge in [0.15, 0.2) is 0 Å². The maximum absolute atomic E-state index is 13.0. The molecule has 3 aromatic carbocycles. The van der Waals surface area contributed by atoms with Gasteiger partial charge in [-0.25, -0.2) is 0 Å². The minimum atomic E-state index is -0.0242. The SMILES string of the molecule is O=C(c1ccc(O)c(-n2ccc3ccccc32)c1)N1Cc2ccccc2C1. The quantitative estimate of drug-likeness (QED) is 0.576. The number of rotatable bonds is 2. The summed E-state index contributed by atoms with van der Waals surface area (Å²) in [6.45, 7) is 1.25. The van der Waals surface area contributed by atoms with Crippen molar-refractivity contribution in [1.29, 1.82) is 0 Å². The first-order chi connectivity index (χ1) is 13.2. The number of hydrogen-bond acceptors (Lipinski definition) is 2. The predicted octanol–water partition coefficient (Wildman–Crippen LogP) is 4.49. The van der Waals surface area contributed by atoms with Crippen LogP contribution >= 0.6 is 0 Å². The van der Waals surface area contributed by atoms with E-state index in [9.17, 15) is 9.90 Å². The van der Waals surface area contributed by atoms with Gasteiger partial charge in [0.2, 0.25) is 0 Å². The molecule has 0 aliphatic carbocycles. The van der Waals surface area contributed by atoms with Gasteiger partial charge in [-0.05, 0) is 46.8 Å². The normalized spacial score (nSPS) is 13.1. The predicted molar refractivity (Wildman–Crippen MR) is 105 cm³/mol. The molecule has 4 nitrogen and oxygen atoms in total. The molecule has 4 heteroatoms. The van der Waals surface area contributed by atoms with E-state index in [1.165, 1.54) is 11.1 Å². The Morgan fingerprint density at radius 3 is 2.33 bits per heavy atom. The molecule has 2 heterocycles. The monoisotopic (exact) mass is 354 g/mol. The van der Waals surface area contributed by atoms with Crippen molar-refractivity contribution in [3.05, 3.63) is 95.7 Å². The molecule has 1 amide bonds. The van der Waals surface area contributed by atoms with Crippen molar-refractivity contribution in [2.75, 3.05) is 0 Å². The summed E-state index contributed by atoms with van der Waals surface area (Å²) in [6, 6.07) is 23.2. The molecule has 0 fully saturated rings. The van der Waals surface area contributed by atoms with Gasteiger partial charge in [-0.15, -0.1) is 0 Å². The van der Waals surface area contributed by atoms with Crippen LogP contribution in [0.15, 0.2) is 79.0 Å². The topological polar surface area (TPSA) is 45.5 Å². The highest BCUT2D eigenvalue weighted by Gasteiger charge is 2.24. The third kappa shape index (κ3) is 2.57. The van der Waals surface area contributed by atoms with Gasteiger partial charge in [0, 0.05) is 24.8 Å². The van der Waals surface area contributed by atoms with E-state index in [1.54, 1.807) is 18.2 Å². The fraction of sp³-hybridized carbons (Fsp3) is 0.0870. The van der Waals surface area contributed by atoms with Crippen molar-refractivity contribution >= 4 is 16.8 Å². The van der Waals surface area contributed by atoms with Crippen LogP contribution in [0.5, 0.6) is 5.75 Å². The Morgan fingerprint density at radius 1 is 0.852 bits per heavy atom. The summed E-state index contributed by atoms with van der Waals surface area (Å²) in [5, 5.41) is 11.5. The summed E-state index contributed by atoms with van der Waals surface area (Å²) in [5.74, 6) is 0.126. The number of phenols is 1. The third-order valence-electron chi connectivity index (χ3n) is 5.21. The molecule has 5 rings (SSSR count). The second-order valence-corrected chi connectivity index (χ2v) is 6.88. The number of aromatic hydroxyl groups is 1. The Hall–Kier alpha value is -3.53. The van der Waals surface area contributed by atoms with Crippen LogP contribution in [0.25, 0.3) is 16.6 Å². The maximum atomic E-state index is 13.0. The fourth-order valence-corrected chi connectivity index (χ4v) is 3.80. The van der Waals surface area contributed by atoms with E-state index in [0.717, 1.165) is 10.9 Å². The molecule has 0 saturated carbocycles. The lowest BCUT2D eigenvalue weighted by Crippen LogP contribution is -2.25. The molecule has 1 aliphatic rings. The number of nitrogens with zero attached hydrogens (tertiary/aromatic N) is 2. The Bertz CT molecular complexity index is 1150. The molecular weight excluding hydrogens is 336 g/mol. The Labute approximate surface area is 156 Å². The molecular formula is C23H18N2O2. The summed E-state index contributed by atoms with van der Waals surface area (Å²) in [6.07, 6.45) is 1.92. The smallest absolute Gasteiger partial charge is 0.254 e. The van der Waals surface area contributed by atoms with Crippen molar-refractivity contribution in [2.45, 2.75) is 13.1 Å². The molecule has 0 unspecified atom stereocenters. The number of carbonyl (C=O) groups excluding carboxylic acids is 1. The van der Waals surface area contributed by atoms with E-state index >= 15 is 0 Å². The first-order valence-electron chi connectivity index (χ1n) is 8.96. The average Bonchev–Trinajstić information content (AvgIpc) is 3.32. The number of hydrogen-bond donors (Lipinski definition) is 1. The van der Waals surface area contributed by atoms with E-state index in [-0.39, 0.29) is 11.7 Å². The first-order valence-corrected chi connectivity index (χ1v) is 8.96. The van der Waals surface area contributed by atoms with Crippen molar-refractivity contribution in [3.8, 4) is 11.4 Å². The number of carbonyl (C=O) groups is 1. The van der Waals surface area contributed by atoms with Gasteiger partial charge in [-0.1, -0.05) is 42.5 Å². The lowest BCUT2D eigenvalue weighted by Gasteiger charge is -2.17. The van der Waals surface area contributed by atoms with E-state index in [0.29, 0.717) is 24.3 Å². The lowest BCUT2D eigenvalue weighted by molar-refractivity contribution is 0.0751. The van der Waals surface area contributed by atoms with Gasteiger partial charge >= 0.3 is 0 Å². The Morgan fingerprint density at radius 2 is 1.56 bits per heavy atom. The molecule has 0 saturated heterocycles. The highest BCUT2D eigenvalue weighted by atomic mass is 16.3. The Kier molecular flexibility index (Phi) is 3.50. The van der Waals surface area contributed by atoms with Gasteiger partial charge in [0.25, 0.3) is 5.91 Å². The van der Waals surface area contributed by atoms with Gasteiger partial charge < -0.3 is 14.6 Å². The van der Waals surface area contributed by atoms with Crippen LogP contribution < -0.4 is 0 Å². The van der Waals surface area contributed by atoms with Gasteiger partial charge in [-0.3, -0.25) is 4.79 Å². The van der Waals surface area contributed by atoms with Gasteiger partial charge in [-0.2, -0.15) is 0 Å². The second kappa shape index (κ2) is 6.02. The zero-order chi connectivity index (χ0) is 18.4. The minimum absolute atomic E-state index is 0.0242. The largest absolute Gasteiger partial charge is 0.506 e. The highest BCUT2D eigenvalue weighted by molar-refractivity contribution is 5.95. The zero-order valence-electron chi connectivity index (χ0n) is 14.7. The summed E-state index contributed by atoms with van der Waals surface area (Å²) in [5.41, 5.74) is 4.57. The molecule has 27 heavy (non-hydrogen) atoms. The molecule has 1 aromatic heterocycles. The first kappa shape index (κ1) is 15.7. The number of amides is 1. The van der Waals surface area contributed by atoms with E-state index in [1.807, 2.05) is 58.1 Å². The molecule has 4 aromatic rings. The Balaban J connectivity index is 1.52. The fourth-order valence-electron chi connectivity index (χ4n) is 3.80. The highest BCUT2D eigenvalue weighted by Crippen LogP contribution is 2.30. The molecule has 1 aliphatic heterocycles. The van der Waals surface area contributed by atoms with Gasteiger partial charge in [0.05, 0.1) is 11.2 Å². The molecule has 0 atom stereocenters. The van der Waals surface area contributed by atoms with Crippen LogP contribution in [-0.4, -0.2) is 20.5 Å². The second-order valence-electron chi connectivity index (χ2n) is 6.88. The maximum Gasteiger partial charge on any atom is 0.254 e. The van der Waals surface area contributed by atoms with Crippen molar-refractivity contribution in [2.24, 2.45) is 0 Å². The summed E-state index contributed by atoms with van der Waals surface area (Å²) in [4.78, 5) is 14.9. The van der Waals surface area contributed by atoms with E-state index in [2.05, 4.69) is 12.1 Å². The molecule has 0 spiro atoms. The van der Waals surface area contributed by atoms with Crippen molar-refractivity contribution < 1.29 is 9.90 Å². The zero-order valence-corrected chi connectivity index (χ0v) is 14.7. The van der Waals surface area contributed by atoms with Crippen LogP contribution in [0.2, 0.25) is 0 Å². The number of phenolic OH excluding ortho intramolecular Hbond substituents is 1. The minimum Gasteiger partial charge on any atom is -0.506 e. The van der Waals surface area contributed by atoms with E-state index < -0.39 is 0 Å². The van der Waals surface area contributed by atoms with Crippen LogP contribution in [0.1, 0.15) is 21.5 Å². The molecule has 132 valence electrons. The molecule has 0 radical (unpaired) electrons. The van der Waals surface area contributed by atoms with Crippen LogP contribution in [0, 0.1) is 0 Å². The van der Waals surface area contributed by atoms with Crippen LogP contribution in [0.4, 0.5) is 0 Å². The van der Waals surface area contributed by atoms with Crippen molar-refractivity contribution in [1.82, 2.24) is 9.47 Å². The molecule has 0 bridgehead atoms. The number of aromatic nitrogens is 1. The van der Waals surface area contributed by atoms with Crippen LogP contribution in [0.3, 0.4) is 0 Å². The van der Waals surface area contributed by atoms with Crippen LogP contribution in [-0.2, 0) is 13.1 Å². The summed E-state index contributed by atoms with van der Waals surface area (Å²) < 4.78 is 1.92. The van der Waals surface area contributed by atoms with Gasteiger partial charge in [0.1, 0.15) is 5.75 Å². The summed E-state index contributed by atoms with van der Waals surface area (Å²) in [7, 11) is 0.